The molecule has 0 aliphatic carbocycles. The number of methoxy groups -OCH3 is 1. The first-order valence-electron chi connectivity index (χ1n) is 6.73. The minimum atomic E-state index is 0.138. The average molecular weight is 322 g/mol. The SMILES string of the molecule is COc1ccc(NC2CCSc3ccc(Cl)cc32)cc1O. The molecule has 1 unspecified atom stereocenters. The molecule has 3 nitrogen and oxygen atoms in total. The highest BCUT2D eigenvalue weighted by Crippen LogP contribution is 2.40. The molecule has 3 rings (SSSR count). The number of halogens is 1. The molecule has 0 saturated heterocycles. The zero-order valence-electron chi connectivity index (χ0n) is 11.6. The van der Waals surface area contributed by atoms with Crippen LogP contribution < -0.4 is 10.1 Å². The lowest BCUT2D eigenvalue weighted by Gasteiger charge is -2.27. The molecule has 2 aromatic rings. The molecule has 0 bridgehead atoms. The predicted octanol–water partition coefficient (Wildman–Crippen LogP) is 4.70. The van der Waals surface area contributed by atoms with E-state index in [-0.39, 0.29) is 11.8 Å². The predicted molar refractivity (Wildman–Crippen MR) is 87.8 cm³/mol. The van der Waals surface area contributed by atoms with Gasteiger partial charge < -0.3 is 15.2 Å². The number of aromatic hydroxyl groups is 1. The zero-order chi connectivity index (χ0) is 14.8. The van der Waals surface area contributed by atoms with Crippen molar-refractivity contribution in [2.24, 2.45) is 0 Å². The largest absolute Gasteiger partial charge is 0.504 e. The van der Waals surface area contributed by atoms with Gasteiger partial charge in [-0.1, -0.05) is 11.6 Å². The number of ether oxygens (including phenoxy) is 1. The maximum absolute atomic E-state index is 9.87. The van der Waals surface area contributed by atoms with Crippen LogP contribution >= 0.6 is 23.4 Å². The molecule has 1 heterocycles. The molecule has 2 N–H and O–H groups in total. The van der Waals surface area contributed by atoms with Gasteiger partial charge in [-0.3, -0.25) is 0 Å². The van der Waals surface area contributed by atoms with Gasteiger partial charge in [0.15, 0.2) is 11.5 Å². The summed E-state index contributed by atoms with van der Waals surface area (Å²) in [4.78, 5) is 1.26. The highest BCUT2D eigenvalue weighted by molar-refractivity contribution is 7.99. The number of phenols is 1. The number of fused-ring (bicyclic) bond motifs is 1. The van der Waals surface area contributed by atoms with Crippen molar-refractivity contribution >= 4 is 29.1 Å². The molecule has 21 heavy (non-hydrogen) atoms. The highest BCUT2D eigenvalue weighted by atomic mass is 35.5. The second-order valence-electron chi connectivity index (χ2n) is 4.90. The summed E-state index contributed by atoms with van der Waals surface area (Å²) in [6, 6.07) is 11.6. The van der Waals surface area contributed by atoms with E-state index in [2.05, 4.69) is 11.4 Å². The fraction of sp³-hybridized carbons (Fsp3) is 0.250. The fourth-order valence-electron chi connectivity index (χ4n) is 2.50. The summed E-state index contributed by atoms with van der Waals surface area (Å²) in [6.45, 7) is 0. The van der Waals surface area contributed by atoms with Gasteiger partial charge >= 0.3 is 0 Å². The third kappa shape index (κ3) is 3.06. The number of rotatable bonds is 3. The van der Waals surface area contributed by atoms with E-state index in [9.17, 15) is 5.11 Å². The molecule has 0 radical (unpaired) electrons. The van der Waals surface area contributed by atoms with E-state index in [0.29, 0.717) is 5.75 Å². The molecule has 0 fully saturated rings. The Labute approximate surface area is 133 Å². The summed E-state index contributed by atoms with van der Waals surface area (Å²) in [5.74, 6) is 1.68. The van der Waals surface area contributed by atoms with Crippen LogP contribution in [-0.2, 0) is 0 Å². The molecule has 2 aromatic carbocycles. The fourth-order valence-corrected chi connectivity index (χ4v) is 3.78. The Kier molecular flexibility index (Phi) is 4.17. The Morgan fingerprint density at radius 3 is 2.90 bits per heavy atom. The minimum Gasteiger partial charge on any atom is -0.504 e. The van der Waals surface area contributed by atoms with Crippen LogP contribution in [0, 0.1) is 0 Å². The summed E-state index contributed by atoms with van der Waals surface area (Å²) in [5, 5.41) is 14.1. The maximum Gasteiger partial charge on any atom is 0.160 e. The molecule has 0 amide bonds. The van der Waals surface area contributed by atoms with Gasteiger partial charge in [0.05, 0.1) is 13.2 Å². The van der Waals surface area contributed by atoms with Crippen LogP contribution in [0.4, 0.5) is 5.69 Å². The normalized spacial score (nSPS) is 17.1. The summed E-state index contributed by atoms with van der Waals surface area (Å²) in [6.07, 6.45) is 1.02. The van der Waals surface area contributed by atoms with Crippen LogP contribution in [0.25, 0.3) is 0 Å². The van der Waals surface area contributed by atoms with Crippen molar-refractivity contribution in [1.29, 1.82) is 0 Å². The molecule has 5 heteroatoms. The summed E-state index contributed by atoms with van der Waals surface area (Å²) < 4.78 is 5.06. The highest BCUT2D eigenvalue weighted by Gasteiger charge is 2.21. The molecular formula is C16H16ClNO2S. The van der Waals surface area contributed by atoms with Crippen molar-refractivity contribution in [2.75, 3.05) is 18.2 Å². The van der Waals surface area contributed by atoms with E-state index in [4.69, 9.17) is 16.3 Å². The summed E-state index contributed by atoms with van der Waals surface area (Å²) in [5.41, 5.74) is 2.09. The molecule has 1 atom stereocenters. The van der Waals surface area contributed by atoms with Crippen molar-refractivity contribution in [1.82, 2.24) is 0 Å². The Bertz CT molecular complexity index is 663. The van der Waals surface area contributed by atoms with Crippen LogP contribution in [0.3, 0.4) is 0 Å². The molecule has 0 aromatic heterocycles. The Hall–Kier alpha value is -1.52. The van der Waals surface area contributed by atoms with Crippen LogP contribution in [0.15, 0.2) is 41.3 Å². The summed E-state index contributed by atoms with van der Waals surface area (Å²) >= 11 is 7.97. The second-order valence-corrected chi connectivity index (χ2v) is 6.48. The van der Waals surface area contributed by atoms with E-state index in [1.807, 2.05) is 30.0 Å². The van der Waals surface area contributed by atoms with Crippen LogP contribution in [0.1, 0.15) is 18.0 Å². The minimum absolute atomic E-state index is 0.138. The standard InChI is InChI=1S/C16H16ClNO2S/c1-20-15-4-3-11(9-14(15)19)18-13-6-7-21-16-5-2-10(17)8-12(13)16/h2-5,8-9,13,18-19H,6-7H2,1H3. The molecular weight excluding hydrogens is 306 g/mol. The molecule has 0 spiro atoms. The van der Waals surface area contributed by atoms with E-state index in [1.165, 1.54) is 10.5 Å². The van der Waals surface area contributed by atoms with E-state index in [1.54, 1.807) is 19.2 Å². The van der Waals surface area contributed by atoms with Gasteiger partial charge in [0, 0.05) is 27.4 Å². The van der Waals surface area contributed by atoms with Crippen molar-refractivity contribution in [3.05, 3.63) is 47.0 Å². The van der Waals surface area contributed by atoms with Crippen LogP contribution in [0.2, 0.25) is 5.02 Å². The van der Waals surface area contributed by atoms with Gasteiger partial charge in [0.2, 0.25) is 0 Å². The second kappa shape index (κ2) is 6.08. The third-order valence-corrected chi connectivity index (χ3v) is 4.89. The Balaban J connectivity index is 1.86. The molecule has 0 saturated carbocycles. The van der Waals surface area contributed by atoms with Crippen molar-refractivity contribution in [2.45, 2.75) is 17.4 Å². The first-order valence-corrected chi connectivity index (χ1v) is 8.09. The van der Waals surface area contributed by atoms with E-state index in [0.717, 1.165) is 22.9 Å². The van der Waals surface area contributed by atoms with Gasteiger partial charge in [-0.2, -0.15) is 0 Å². The molecule has 110 valence electrons. The smallest absolute Gasteiger partial charge is 0.160 e. The lowest BCUT2D eigenvalue weighted by molar-refractivity contribution is 0.373. The first kappa shape index (κ1) is 14.4. The average Bonchev–Trinajstić information content (AvgIpc) is 2.48. The lowest BCUT2D eigenvalue weighted by Crippen LogP contribution is -2.16. The topological polar surface area (TPSA) is 41.5 Å². The van der Waals surface area contributed by atoms with Crippen molar-refractivity contribution in [3.8, 4) is 11.5 Å². The molecule has 1 aliphatic heterocycles. The Morgan fingerprint density at radius 2 is 2.14 bits per heavy atom. The third-order valence-electron chi connectivity index (χ3n) is 3.53. The van der Waals surface area contributed by atoms with Gasteiger partial charge in [-0.25, -0.2) is 0 Å². The van der Waals surface area contributed by atoms with E-state index < -0.39 is 0 Å². The van der Waals surface area contributed by atoms with Gasteiger partial charge in [-0.05, 0) is 42.3 Å². The number of nitrogens with one attached hydrogen (secondary N) is 1. The van der Waals surface area contributed by atoms with Crippen molar-refractivity contribution < 1.29 is 9.84 Å². The Morgan fingerprint density at radius 1 is 1.29 bits per heavy atom. The zero-order valence-corrected chi connectivity index (χ0v) is 13.2. The van der Waals surface area contributed by atoms with Crippen LogP contribution in [0.5, 0.6) is 11.5 Å². The lowest BCUT2D eigenvalue weighted by atomic mass is 10.0. The van der Waals surface area contributed by atoms with Crippen molar-refractivity contribution in [3.63, 3.8) is 0 Å². The van der Waals surface area contributed by atoms with Crippen LogP contribution in [-0.4, -0.2) is 18.0 Å². The molecule has 1 aliphatic rings. The summed E-state index contributed by atoms with van der Waals surface area (Å²) in [7, 11) is 1.54. The number of thioether (sulfide) groups is 1. The number of benzene rings is 2. The first-order chi connectivity index (χ1) is 10.2. The quantitative estimate of drug-likeness (QED) is 0.859. The number of phenolic OH excluding ortho intramolecular Hbond substituents is 1. The van der Waals surface area contributed by atoms with Gasteiger partial charge in [0.25, 0.3) is 0 Å². The number of anilines is 1. The van der Waals surface area contributed by atoms with E-state index >= 15 is 0 Å². The van der Waals surface area contributed by atoms with Gasteiger partial charge in [-0.15, -0.1) is 11.8 Å². The monoisotopic (exact) mass is 321 g/mol. The maximum atomic E-state index is 9.87. The number of hydrogen-bond acceptors (Lipinski definition) is 4. The van der Waals surface area contributed by atoms with Gasteiger partial charge in [0.1, 0.15) is 0 Å². The number of hydrogen-bond donors (Lipinski definition) is 2.